The van der Waals surface area contributed by atoms with E-state index in [4.69, 9.17) is 0 Å². The van der Waals surface area contributed by atoms with Crippen molar-refractivity contribution in [3.05, 3.63) is 11.9 Å². The highest BCUT2D eigenvalue weighted by atomic mass is 15.1. The predicted octanol–water partition coefficient (Wildman–Crippen LogP) is 3.46. The summed E-state index contributed by atoms with van der Waals surface area (Å²) < 4.78 is 0. The van der Waals surface area contributed by atoms with Gasteiger partial charge < -0.3 is 10.6 Å². The molecule has 0 bridgehead atoms. The van der Waals surface area contributed by atoms with Gasteiger partial charge in [-0.3, -0.25) is 0 Å². The highest BCUT2D eigenvalue weighted by molar-refractivity contribution is 5.58. The second kappa shape index (κ2) is 6.57. The number of nitrogens with zero attached hydrogens (tertiary/aromatic N) is 2. The Balaban J connectivity index is 2.97. The van der Waals surface area contributed by atoms with E-state index in [0.29, 0.717) is 0 Å². The van der Waals surface area contributed by atoms with E-state index in [0.717, 1.165) is 37.4 Å². The van der Waals surface area contributed by atoms with Crippen molar-refractivity contribution >= 4 is 11.6 Å². The molecule has 0 saturated heterocycles. The third-order valence-corrected chi connectivity index (χ3v) is 3.18. The van der Waals surface area contributed by atoms with Crippen molar-refractivity contribution in [2.45, 2.75) is 59.4 Å². The summed E-state index contributed by atoms with van der Waals surface area (Å²) in [6, 6.07) is 0. The maximum Gasteiger partial charge on any atom is 0.135 e. The zero-order valence-corrected chi connectivity index (χ0v) is 12.3. The van der Waals surface area contributed by atoms with Gasteiger partial charge in [0.05, 0.1) is 0 Å². The third kappa shape index (κ3) is 3.86. The number of nitrogens with one attached hydrogen (secondary N) is 2. The van der Waals surface area contributed by atoms with Crippen molar-refractivity contribution in [3.63, 3.8) is 0 Å². The summed E-state index contributed by atoms with van der Waals surface area (Å²) in [5.41, 5.74) is 1.23. The van der Waals surface area contributed by atoms with Gasteiger partial charge in [0.15, 0.2) is 0 Å². The van der Waals surface area contributed by atoms with Gasteiger partial charge in [0.1, 0.15) is 18.0 Å². The Bertz CT molecular complexity index is 374. The van der Waals surface area contributed by atoms with Gasteiger partial charge in [-0.25, -0.2) is 9.97 Å². The lowest BCUT2D eigenvalue weighted by Gasteiger charge is -2.27. The van der Waals surface area contributed by atoms with Crippen LogP contribution >= 0.6 is 0 Å². The van der Waals surface area contributed by atoms with E-state index in [1.165, 1.54) is 5.56 Å². The topological polar surface area (TPSA) is 49.8 Å². The standard InChI is InChI=1S/C14H26N4/c1-6-9-15-12-11(7-2)13(17-10-16-12)18-14(4,5)8-3/h10H,6-9H2,1-5H3,(H2,15,16,17,18). The number of anilines is 2. The lowest BCUT2D eigenvalue weighted by atomic mass is 10.0. The zero-order valence-electron chi connectivity index (χ0n) is 12.3. The molecule has 0 aromatic carbocycles. The maximum atomic E-state index is 4.39. The van der Waals surface area contributed by atoms with E-state index < -0.39 is 0 Å². The molecule has 0 aliphatic rings. The van der Waals surface area contributed by atoms with E-state index in [2.05, 4.69) is 55.2 Å². The lowest BCUT2D eigenvalue weighted by molar-refractivity contribution is 0.544. The van der Waals surface area contributed by atoms with E-state index in [-0.39, 0.29) is 5.54 Å². The van der Waals surface area contributed by atoms with Crippen LogP contribution in [0, 0.1) is 0 Å². The van der Waals surface area contributed by atoms with E-state index in [1.807, 2.05) is 0 Å². The molecule has 1 heterocycles. The smallest absolute Gasteiger partial charge is 0.135 e. The SMILES string of the molecule is CCCNc1ncnc(NC(C)(C)CC)c1CC. The van der Waals surface area contributed by atoms with Gasteiger partial charge in [-0.05, 0) is 33.1 Å². The Morgan fingerprint density at radius 3 is 2.33 bits per heavy atom. The third-order valence-electron chi connectivity index (χ3n) is 3.18. The molecule has 1 aromatic rings. The van der Waals surface area contributed by atoms with Crippen molar-refractivity contribution in [3.8, 4) is 0 Å². The van der Waals surface area contributed by atoms with E-state index >= 15 is 0 Å². The van der Waals surface area contributed by atoms with Crippen LogP contribution in [0.4, 0.5) is 11.6 Å². The van der Waals surface area contributed by atoms with Crippen LogP contribution in [0.15, 0.2) is 6.33 Å². The molecular weight excluding hydrogens is 224 g/mol. The zero-order chi connectivity index (χ0) is 13.6. The van der Waals surface area contributed by atoms with Crippen LogP contribution in [0.1, 0.15) is 53.0 Å². The van der Waals surface area contributed by atoms with E-state index in [9.17, 15) is 0 Å². The molecule has 102 valence electrons. The molecule has 18 heavy (non-hydrogen) atoms. The van der Waals surface area contributed by atoms with Crippen molar-refractivity contribution in [2.75, 3.05) is 17.2 Å². The quantitative estimate of drug-likeness (QED) is 0.778. The first kappa shape index (κ1) is 14.7. The lowest BCUT2D eigenvalue weighted by Crippen LogP contribution is -2.31. The Hall–Kier alpha value is -1.32. The summed E-state index contributed by atoms with van der Waals surface area (Å²) in [5.74, 6) is 1.92. The molecule has 4 heteroatoms. The number of rotatable bonds is 7. The summed E-state index contributed by atoms with van der Waals surface area (Å²) in [6.07, 6.45) is 4.70. The summed E-state index contributed by atoms with van der Waals surface area (Å²) in [4.78, 5) is 8.73. The van der Waals surface area contributed by atoms with Crippen molar-refractivity contribution in [1.29, 1.82) is 0 Å². The van der Waals surface area contributed by atoms with Crippen LogP contribution in [0.2, 0.25) is 0 Å². The second-order valence-electron chi connectivity index (χ2n) is 5.19. The molecule has 2 N–H and O–H groups in total. The Morgan fingerprint density at radius 2 is 1.78 bits per heavy atom. The number of hydrogen-bond acceptors (Lipinski definition) is 4. The van der Waals surface area contributed by atoms with Crippen LogP contribution < -0.4 is 10.6 Å². The van der Waals surface area contributed by atoms with Crippen LogP contribution in [0.25, 0.3) is 0 Å². The van der Waals surface area contributed by atoms with Gasteiger partial charge in [-0.1, -0.05) is 20.8 Å². The fraction of sp³-hybridized carbons (Fsp3) is 0.714. The van der Waals surface area contributed by atoms with Crippen molar-refractivity contribution < 1.29 is 0 Å². The first-order valence-corrected chi connectivity index (χ1v) is 6.90. The van der Waals surface area contributed by atoms with Crippen LogP contribution in [-0.2, 0) is 6.42 Å². The van der Waals surface area contributed by atoms with Gasteiger partial charge in [0.25, 0.3) is 0 Å². The van der Waals surface area contributed by atoms with Gasteiger partial charge >= 0.3 is 0 Å². The van der Waals surface area contributed by atoms with Crippen LogP contribution in [-0.4, -0.2) is 22.1 Å². The summed E-state index contributed by atoms with van der Waals surface area (Å²) in [7, 11) is 0. The molecule has 0 radical (unpaired) electrons. The van der Waals surface area contributed by atoms with Crippen LogP contribution in [0.5, 0.6) is 0 Å². The van der Waals surface area contributed by atoms with Gasteiger partial charge in [0, 0.05) is 17.6 Å². The first-order chi connectivity index (χ1) is 8.54. The van der Waals surface area contributed by atoms with Gasteiger partial charge in [0.2, 0.25) is 0 Å². The van der Waals surface area contributed by atoms with Crippen molar-refractivity contribution in [2.24, 2.45) is 0 Å². The Morgan fingerprint density at radius 1 is 1.11 bits per heavy atom. The Kier molecular flexibility index (Phi) is 5.38. The number of aromatic nitrogens is 2. The Labute approximate surface area is 111 Å². The highest BCUT2D eigenvalue weighted by Gasteiger charge is 2.18. The average Bonchev–Trinajstić information content (AvgIpc) is 2.36. The minimum atomic E-state index is 0.0559. The molecule has 4 nitrogen and oxygen atoms in total. The summed E-state index contributed by atoms with van der Waals surface area (Å²) >= 11 is 0. The molecule has 0 amide bonds. The van der Waals surface area contributed by atoms with Crippen LogP contribution in [0.3, 0.4) is 0 Å². The summed E-state index contributed by atoms with van der Waals surface area (Å²) in [6.45, 7) is 11.8. The molecule has 0 fully saturated rings. The normalized spacial score (nSPS) is 11.4. The predicted molar refractivity (Wildman–Crippen MR) is 78.2 cm³/mol. The van der Waals surface area contributed by atoms with Gasteiger partial charge in [-0.2, -0.15) is 0 Å². The molecular formula is C14H26N4. The molecule has 0 aliphatic heterocycles. The average molecular weight is 250 g/mol. The minimum absolute atomic E-state index is 0.0559. The number of hydrogen-bond donors (Lipinski definition) is 2. The maximum absolute atomic E-state index is 4.39. The fourth-order valence-electron chi connectivity index (χ4n) is 1.66. The molecule has 1 rings (SSSR count). The van der Waals surface area contributed by atoms with E-state index in [1.54, 1.807) is 6.33 Å². The van der Waals surface area contributed by atoms with Gasteiger partial charge in [-0.15, -0.1) is 0 Å². The molecule has 0 atom stereocenters. The highest BCUT2D eigenvalue weighted by Crippen LogP contribution is 2.24. The fourth-order valence-corrected chi connectivity index (χ4v) is 1.66. The molecule has 0 unspecified atom stereocenters. The summed E-state index contributed by atoms with van der Waals surface area (Å²) in [5, 5.41) is 6.88. The monoisotopic (exact) mass is 250 g/mol. The molecule has 0 saturated carbocycles. The first-order valence-electron chi connectivity index (χ1n) is 6.90. The second-order valence-corrected chi connectivity index (χ2v) is 5.19. The largest absolute Gasteiger partial charge is 0.370 e. The van der Waals surface area contributed by atoms with Crippen molar-refractivity contribution in [1.82, 2.24) is 9.97 Å². The molecule has 0 aliphatic carbocycles. The molecule has 0 spiro atoms. The minimum Gasteiger partial charge on any atom is -0.370 e. The molecule has 1 aromatic heterocycles.